The number of halogens is 2. The molecular weight excluding hydrogens is 323 g/mol. The third-order valence-corrected chi connectivity index (χ3v) is 4.39. The molecule has 22 heavy (non-hydrogen) atoms. The van der Waals surface area contributed by atoms with E-state index in [4.69, 9.17) is 32.7 Å². The standard InChI is InChI=1S/C17H16Cl2O3/c1-10-11(2)16(19)14(8-15(10)18)17(20)22-9-12-4-6-13(21-3)7-5-12/h4-8H,9H2,1-3H3. The number of ether oxygens (including phenoxy) is 2. The van der Waals surface area contributed by atoms with Crippen molar-refractivity contribution in [2.75, 3.05) is 7.11 Å². The second-order valence-corrected chi connectivity index (χ2v) is 5.68. The van der Waals surface area contributed by atoms with Gasteiger partial charge in [-0.25, -0.2) is 4.79 Å². The Morgan fingerprint density at radius 2 is 1.73 bits per heavy atom. The Kier molecular flexibility index (Phi) is 5.33. The highest BCUT2D eigenvalue weighted by Gasteiger charge is 2.17. The summed E-state index contributed by atoms with van der Waals surface area (Å²) >= 11 is 12.3. The minimum absolute atomic E-state index is 0.156. The number of esters is 1. The van der Waals surface area contributed by atoms with Crippen LogP contribution in [0.15, 0.2) is 30.3 Å². The summed E-state index contributed by atoms with van der Waals surface area (Å²) in [5, 5.41) is 0.875. The van der Waals surface area contributed by atoms with Gasteiger partial charge in [0.2, 0.25) is 0 Å². The van der Waals surface area contributed by atoms with Crippen LogP contribution in [0.1, 0.15) is 27.0 Å². The van der Waals surface area contributed by atoms with Gasteiger partial charge in [0.25, 0.3) is 0 Å². The molecule has 0 saturated heterocycles. The third kappa shape index (κ3) is 3.54. The van der Waals surface area contributed by atoms with E-state index in [2.05, 4.69) is 0 Å². The smallest absolute Gasteiger partial charge is 0.340 e. The van der Waals surface area contributed by atoms with E-state index in [1.165, 1.54) is 0 Å². The molecule has 0 aromatic heterocycles. The van der Waals surface area contributed by atoms with Crippen molar-refractivity contribution in [3.05, 3.63) is 62.6 Å². The maximum Gasteiger partial charge on any atom is 0.340 e. The summed E-state index contributed by atoms with van der Waals surface area (Å²) in [6.07, 6.45) is 0. The topological polar surface area (TPSA) is 35.5 Å². The summed E-state index contributed by atoms with van der Waals surface area (Å²) in [6.45, 7) is 3.84. The molecule has 0 N–H and O–H groups in total. The van der Waals surface area contributed by atoms with Crippen molar-refractivity contribution >= 4 is 29.2 Å². The van der Waals surface area contributed by atoms with Gasteiger partial charge in [0, 0.05) is 5.02 Å². The van der Waals surface area contributed by atoms with Crippen LogP contribution in [-0.2, 0) is 11.3 Å². The van der Waals surface area contributed by atoms with Crippen LogP contribution in [0.3, 0.4) is 0 Å². The molecule has 2 rings (SSSR count). The fourth-order valence-corrected chi connectivity index (χ4v) is 2.47. The van der Waals surface area contributed by atoms with Crippen molar-refractivity contribution in [2.45, 2.75) is 20.5 Å². The summed E-state index contributed by atoms with van der Waals surface area (Å²) in [4.78, 5) is 12.2. The van der Waals surface area contributed by atoms with Crippen molar-refractivity contribution in [3.8, 4) is 5.75 Å². The van der Waals surface area contributed by atoms with Crippen LogP contribution in [0, 0.1) is 13.8 Å². The minimum Gasteiger partial charge on any atom is -0.497 e. The molecule has 0 fully saturated rings. The summed E-state index contributed by atoms with van der Waals surface area (Å²) in [7, 11) is 1.60. The Balaban J connectivity index is 2.12. The Morgan fingerprint density at radius 1 is 1.09 bits per heavy atom. The first-order valence-corrected chi connectivity index (χ1v) is 7.45. The molecule has 116 valence electrons. The molecule has 3 nitrogen and oxygen atoms in total. The molecule has 0 saturated carbocycles. The molecule has 0 bridgehead atoms. The highest BCUT2D eigenvalue weighted by molar-refractivity contribution is 6.36. The van der Waals surface area contributed by atoms with Gasteiger partial charge in [-0.1, -0.05) is 35.3 Å². The third-order valence-electron chi connectivity index (χ3n) is 3.51. The Morgan fingerprint density at radius 3 is 2.32 bits per heavy atom. The van der Waals surface area contributed by atoms with Crippen molar-refractivity contribution in [2.24, 2.45) is 0 Å². The number of hydrogen-bond donors (Lipinski definition) is 0. The van der Waals surface area contributed by atoms with E-state index < -0.39 is 5.97 Å². The largest absolute Gasteiger partial charge is 0.497 e. The molecule has 0 spiro atoms. The molecule has 0 aliphatic heterocycles. The van der Waals surface area contributed by atoms with E-state index in [-0.39, 0.29) is 12.2 Å². The van der Waals surface area contributed by atoms with E-state index in [0.717, 1.165) is 22.4 Å². The van der Waals surface area contributed by atoms with Gasteiger partial charge in [0.15, 0.2) is 0 Å². The predicted molar refractivity (Wildman–Crippen MR) is 88.0 cm³/mol. The first kappa shape index (κ1) is 16.7. The zero-order valence-electron chi connectivity index (χ0n) is 12.6. The summed E-state index contributed by atoms with van der Waals surface area (Å²) < 4.78 is 10.4. The van der Waals surface area contributed by atoms with Crippen LogP contribution >= 0.6 is 23.2 Å². The monoisotopic (exact) mass is 338 g/mol. The molecule has 0 atom stereocenters. The fourth-order valence-electron chi connectivity index (χ4n) is 1.94. The highest BCUT2D eigenvalue weighted by Crippen LogP contribution is 2.30. The molecule has 0 aliphatic rings. The van der Waals surface area contributed by atoms with E-state index in [1.807, 2.05) is 38.1 Å². The lowest BCUT2D eigenvalue weighted by Gasteiger charge is -2.11. The van der Waals surface area contributed by atoms with Gasteiger partial charge < -0.3 is 9.47 Å². The molecule has 2 aromatic carbocycles. The molecule has 0 heterocycles. The second-order valence-electron chi connectivity index (χ2n) is 4.89. The maximum atomic E-state index is 12.2. The lowest BCUT2D eigenvalue weighted by atomic mass is 10.1. The Bertz CT molecular complexity index is 694. The number of carbonyl (C=O) groups is 1. The zero-order chi connectivity index (χ0) is 16.3. The Labute approximate surface area is 139 Å². The SMILES string of the molecule is COc1ccc(COC(=O)c2cc(Cl)c(C)c(C)c2Cl)cc1. The molecule has 0 radical (unpaired) electrons. The number of carbonyl (C=O) groups excluding carboxylic acids is 1. The van der Waals surface area contributed by atoms with Crippen LogP contribution in [0.5, 0.6) is 5.75 Å². The molecular formula is C17H16Cl2O3. The molecule has 0 unspecified atom stereocenters. The van der Waals surface area contributed by atoms with Crippen LogP contribution < -0.4 is 4.74 Å². The average Bonchev–Trinajstić information content (AvgIpc) is 2.54. The van der Waals surface area contributed by atoms with Gasteiger partial charge in [-0.3, -0.25) is 0 Å². The van der Waals surface area contributed by atoms with Crippen molar-refractivity contribution < 1.29 is 14.3 Å². The van der Waals surface area contributed by atoms with Gasteiger partial charge >= 0.3 is 5.97 Å². The van der Waals surface area contributed by atoms with Gasteiger partial charge in [-0.05, 0) is 48.7 Å². The lowest BCUT2D eigenvalue weighted by Crippen LogP contribution is -2.07. The maximum absolute atomic E-state index is 12.2. The lowest BCUT2D eigenvalue weighted by molar-refractivity contribution is 0.0473. The molecule has 5 heteroatoms. The van der Waals surface area contributed by atoms with Gasteiger partial charge in [0.1, 0.15) is 12.4 Å². The number of methoxy groups -OCH3 is 1. The van der Waals surface area contributed by atoms with Crippen molar-refractivity contribution in [1.82, 2.24) is 0 Å². The number of hydrogen-bond acceptors (Lipinski definition) is 3. The summed E-state index contributed by atoms with van der Waals surface area (Å²) in [5.41, 5.74) is 2.78. The van der Waals surface area contributed by atoms with Crippen LogP contribution in [0.25, 0.3) is 0 Å². The van der Waals surface area contributed by atoms with Crippen molar-refractivity contribution in [3.63, 3.8) is 0 Å². The summed E-state index contributed by atoms with van der Waals surface area (Å²) in [5.74, 6) is 0.255. The zero-order valence-corrected chi connectivity index (χ0v) is 14.1. The molecule has 0 aliphatic carbocycles. The van der Waals surface area contributed by atoms with Crippen LogP contribution in [0.4, 0.5) is 0 Å². The minimum atomic E-state index is -0.495. The second kappa shape index (κ2) is 7.03. The predicted octanol–water partition coefficient (Wildman–Crippen LogP) is 4.98. The van der Waals surface area contributed by atoms with E-state index in [9.17, 15) is 4.79 Å². The quantitative estimate of drug-likeness (QED) is 0.737. The van der Waals surface area contributed by atoms with E-state index in [1.54, 1.807) is 13.2 Å². The van der Waals surface area contributed by atoms with Gasteiger partial charge in [-0.2, -0.15) is 0 Å². The first-order chi connectivity index (χ1) is 10.4. The average molecular weight is 339 g/mol. The first-order valence-electron chi connectivity index (χ1n) is 6.69. The molecule has 0 amide bonds. The van der Waals surface area contributed by atoms with Crippen molar-refractivity contribution in [1.29, 1.82) is 0 Å². The van der Waals surface area contributed by atoms with E-state index in [0.29, 0.717) is 10.0 Å². The summed E-state index contributed by atoms with van der Waals surface area (Å²) in [6, 6.07) is 8.83. The Hall–Kier alpha value is -1.71. The molecule has 2 aromatic rings. The van der Waals surface area contributed by atoms with Gasteiger partial charge in [-0.15, -0.1) is 0 Å². The van der Waals surface area contributed by atoms with Gasteiger partial charge in [0.05, 0.1) is 17.7 Å². The van der Waals surface area contributed by atoms with Crippen LogP contribution in [-0.4, -0.2) is 13.1 Å². The number of benzene rings is 2. The fraction of sp³-hybridized carbons (Fsp3) is 0.235. The normalized spacial score (nSPS) is 10.4. The van der Waals surface area contributed by atoms with E-state index >= 15 is 0 Å². The number of rotatable bonds is 4. The highest BCUT2D eigenvalue weighted by atomic mass is 35.5. The van der Waals surface area contributed by atoms with Crippen LogP contribution in [0.2, 0.25) is 10.0 Å².